The predicted molar refractivity (Wildman–Crippen MR) is 224 cm³/mol. The van der Waals surface area contributed by atoms with Gasteiger partial charge in [0.15, 0.2) is 0 Å². The van der Waals surface area contributed by atoms with Crippen LogP contribution in [0.1, 0.15) is 70.7 Å². The molecule has 0 radical (unpaired) electrons. The van der Waals surface area contributed by atoms with Gasteiger partial charge in [-0.05, 0) is 71.2 Å². The van der Waals surface area contributed by atoms with Crippen LogP contribution in [0, 0.1) is 0 Å². The van der Waals surface area contributed by atoms with Gasteiger partial charge in [-0.3, -0.25) is 9.59 Å². The van der Waals surface area contributed by atoms with E-state index >= 15 is 0 Å². The lowest BCUT2D eigenvalue weighted by Crippen LogP contribution is -2.42. The number of nitrogens with one attached hydrogen (secondary N) is 3. The Morgan fingerprint density at radius 3 is 1.72 bits per heavy atom. The van der Waals surface area contributed by atoms with Gasteiger partial charge < -0.3 is 30.2 Å². The van der Waals surface area contributed by atoms with E-state index in [0.717, 1.165) is 80.5 Å². The maximum absolute atomic E-state index is 13.7. The smallest absolute Gasteiger partial charge is 0.405 e. The second-order valence-electron chi connectivity index (χ2n) is 14.7. The average molecular weight is 788 g/mol. The molecule has 1 unspecified atom stereocenters. The number of aromatic amines is 2. The van der Waals surface area contributed by atoms with Crippen molar-refractivity contribution in [1.29, 1.82) is 0 Å². The van der Waals surface area contributed by atoms with E-state index in [9.17, 15) is 19.5 Å². The zero-order valence-corrected chi connectivity index (χ0v) is 32.4. The highest BCUT2D eigenvalue weighted by Gasteiger charge is 2.37. The maximum Gasteiger partial charge on any atom is 0.405 e. The maximum atomic E-state index is 13.7. The van der Waals surface area contributed by atoms with Crippen molar-refractivity contribution in [3.8, 4) is 44.1 Å². The lowest BCUT2D eigenvalue weighted by molar-refractivity contribution is -0.134. The summed E-state index contributed by atoms with van der Waals surface area (Å²) < 4.78 is 0. The first-order valence-corrected chi connectivity index (χ1v) is 20.3. The predicted octanol–water partition coefficient (Wildman–Crippen LogP) is 9.51. The molecule has 290 valence electrons. The van der Waals surface area contributed by atoms with Crippen molar-refractivity contribution < 1.29 is 19.5 Å². The van der Waals surface area contributed by atoms with Gasteiger partial charge in [0.1, 0.15) is 17.7 Å². The number of hydrogen-bond donors (Lipinski definition) is 4. The number of H-pyrrole nitrogens is 2. The van der Waals surface area contributed by atoms with Crippen molar-refractivity contribution in [3.05, 3.63) is 156 Å². The second-order valence-corrected chi connectivity index (χ2v) is 15.8. The van der Waals surface area contributed by atoms with Crippen LogP contribution in [-0.4, -0.2) is 65.8 Å². The van der Waals surface area contributed by atoms with E-state index in [4.69, 9.17) is 4.98 Å². The summed E-state index contributed by atoms with van der Waals surface area (Å²) in [5.41, 5.74) is 7.57. The molecule has 0 bridgehead atoms. The summed E-state index contributed by atoms with van der Waals surface area (Å²) >= 11 is 1.53. The van der Waals surface area contributed by atoms with E-state index in [0.29, 0.717) is 24.5 Å². The summed E-state index contributed by atoms with van der Waals surface area (Å²) in [5.74, 6) is 1.24. The third-order valence-electron chi connectivity index (χ3n) is 11.1. The van der Waals surface area contributed by atoms with Crippen LogP contribution in [-0.2, 0) is 4.79 Å². The summed E-state index contributed by atoms with van der Waals surface area (Å²) in [4.78, 5) is 60.9. The summed E-state index contributed by atoms with van der Waals surface area (Å²) in [6.45, 7) is 1.22. The Hall–Kier alpha value is -6.79. The Morgan fingerprint density at radius 1 is 0.638 bits per heavy atom. The Balaban J connectivity index is 0.852. The SMILES string of the molecule is O=C(O)N[C@@H](C(=O)N1CCC[C@H]1c1ncc(-c2ccc(-c3ccc(-c4cnc(C5CCCN5C(=O)c5ccc(-c6ccccc6)s5)[nH]4)cc3)cc2)[nH]1)c1ccccc1. The molecule has 0 saturated carbocycles. The van der Waals surface area contributed by atoms with Crippen LogP contribution in [0.2, 0.25) is 0 Å². The van der Waals surface area contributed by atoms with E-state index in [1.807, 2.05) is 47.5 Å². The molecular formula is C46H41N7O4S. The molecule has 4 N–H and O–H groups in total. The van der Waals surface area contributed by atoms with Crippen LogP contribution in [0.5, 0.6) is 0 Å². The molecule has 7 aromatic rings. The fourth-order valence-corrected chi connectivity index (χ4v) is 9.14. The molecule has 9 rings (SSSR count). The minimum absolute atomic E-state index is 0.0490. The molecule has 0 spiro atoms. The summed E-state index contributed by atoms with van der Waals surface area (Å²) in [5, 5.41) is 11.9. The molecule has 11 nitrogen and oxygen atoms in total. The average Bonchev–Trinajstić information content (AvgIpc) is 4.13. The fraction of sp³-hybridized carbons (Fsp3) is 0.196. The van der Waals surface area contributed by atoms with Crippen LogP contribution in [0.4, 0.5) is 4.79 Å². The molecule has 2 aliphatic rings. The van der Waals surface area contributed by atoms with Crippen molar-refractivity contribution in [2.45, 2.75) is 43.8 Å². The highest BCUT2D eigenvalue weighted by molar-refractivity contribution is 7.17. The van der Waals surface area contributed by atoms with Crippen molar-refractivity contribution in [2.24, 2.45) is 0 Å². The minimum Gasteiger partial charge on any atom is -0.465 e. The first kappa shape index (κ1) is 36.8. The third-order valence-corrected chi connectivity index (χ3v) is 12.2. The van der Waals surface area contributed by atoms with Gasteiger partial charge in [-0.15, -0.1) is 11.3 Å². The van der Waals surface area contributed by atoms with Crippen LogP contribution < -0.4 is 5.32 Å². The zero-order valence-electron chi connectivity index (χ0n) is 31.5. The minimum atomic E-state index is -1.25. The van der Waals surface area contributed by atoms with Crippen molar-refractivity contribution >= 4 is 29.2 Å². The fourth-order valence-electron chi connectivity index (χ4n) is 8.17. The van der Waals surface area contributed by atoms with Gasteiger partial charge in [-0.1, -0.05) is 109 Å². The number of carbonyl (C=O) groups is 3. The number of benzene rings is 4. The van der Waals surface area contributed by atoms with Gasteiger partial charge >= 0.3 is 6.09 Å². The van der Waals surface area contributed by atoms with Crippen LogP contribution in [0.3, 0.4) is 0 Å². The van der Waals surface area contributed by atoms with Crippen molar-refractivity contribution in [2.75, 3.05) is 13.1 Å². The molecule has 2 aliphatic heterocycles. The van der Waals surface area contributed by atoms with Crippen molar-refractivity contribution in [3.63, 3.8) is 0 Å². The van der Waals surface area contributed by atoms with Gasteiger partial charge in [-0.25, -0.2) is 14.8 Å². The number of hydrogen-bond acceptors (Lipinski definition) is 6. The highest BCUT2D eigenvalue weighted by atomic mass is 32.1. The lowest BCUT2D eigenvalue weighted by Gasteiger charge is -2.28. The molecule has 12 heteroatoms. The molecule has 3 atom stereocenters. The summed E-state index contributed by atoms with van der Waals surface area (Å²) in [6, 6.07) is 38.3. The van der Waals surface area contributed by atoms with Gasteiger partial charge in [0.05, 0.1) is 40.7 Å². The Bertz CT molecular complexity index is 2550. The molecule has 0 aliphatic carbocycles. The number of nitrogens with zero attached hydrogens (tertiary/aromatic N) is 4. The number of rotatable bonds is 10. The van der Waals surface area contributed by atoms with E-state index in [2.05, 4.69) is 80.9 Å². The number of amides is 3. The molecule has 3 aromatic heterocycles. The van der Waals surface area contributed by atoms with Gasteiger partial charge in [-0.2, -0.15) is 0 Å². The van der Waals surface area contributed by atoms with Crippen molar-refractivity contribution in [1.82, 2.24) is 35.1 Å². The summed E-state index contributed by atoms with van der Waals surface area (Å²) in [7, 11) is 0. The number of carboxylic acid groups (broad SMARTS) is 1. The van der Waals surface area contributed by atoms with Crippen LogP contribution >= 0.6 is 11.3 Å². The first-order valence-electron chi connectivity index (χ1n) is 19.5. The Labute approximate surface area is 339 Å². The zero-order chi connectivity index (χ0) is 39.6. The van der Waals surface area contributed by atoms with Gasteiger partial charge in [0.25, 0.3) is 11.8 Å². The normalized spacial score (nSPS) is 17.0. The van der Waals surface area contributed by atoms with E-state index in [1.54, 1.807) is 35.4 Å². The van der Waals surface area contributed by atoms with E-state index in [1.165, 1.54) is 11.3 Å². The number of carbonyl (C=O) groups excluding carboxylic acids is 2. The summed E-state index contributed by atoms with van der Waals surface area (Å²) in [6.07, 6.45) is 5.71. The largest absolute Gasteiger partial charge is 0.465 e. The van der Waals surface area contributed by atoms with E-state index < -0.39 is 12.1 Å². The molecule has 2 fully saturated rings. The standard InChI is InChI=1S/C46H41N7O4S/c54-44(40-24-23-39(58-40)33-9-3-1-4-10-33)52-25-7-13-37(52)42-47-27-35(49-42)31-19-15-29(16-20-31)30-17-21-32(22-18-30)36-28-48-43(50-36)38-14-8-26-53(38)45(55)41(51-46(56)57)34-11-5-2-6-12-34/h1-6,9-12,15-24,27-28,37-38,41,51H,7-8,13-14,25-26H2,(H,47,49)(H,48,50)(H,56,57)/t37?,38-,41+/m0/s1. The molecule has 58 heavy (non-hydrogen) atoms. The topological polar surface area (TPSA) is 147 Å². The number of imidazole rings is 2. The van der Waals surface area contributed by atoms with Crippen LogP contribution in [0.15, 0.2) is 134 Å². The van der Waals surface area contributed by atoms with Gasteiger partial charge in [0, 0.05) is 18.0 Å². The quantitative estimate of drug-likeness (QED) is 0.109. The number of thiophene rings is 1. The molecular weight excluding hydrogens is 747 g/mol. The molecule has 4 aromatic carbocycles. The molecule has 5 heterocycles. The Morgan fingerprint density at radius 2 is 1.16 bits per heavy atom. The monoisotopic (exact) mass is 787 g/mol. The highest BCUT2D eigenvalue weighted by Crippen LogP contribution is 2.37. The Kier molecular flexibility index (Phi) is 10.2. The molecule has 2 saturated heterocycles. The van der Waals surface area contributed by atoms with Crippen LogP contribution in [0.25, 0.3) is 44.1 Å². The lowest BCUT2D eigenvalue weighted by atomic mass is 10.0. The van der Waals surface area contributed by atoms with Gasteiger partial charge in [0.2, 0.25) is 0 Å². The van der Waals surface area contributed by atoms with E-state index in [-0.39, 0.29) is 23.9 Å². The third kappa shape index (κ3) is 7.41. The molecule has 3 amide bonds. The number of likely N-dealkylation sites (tertiary alicyclic amines) is 2. The number of aromatic nitrogens is 4. The second kappa shape index (κ2) is 16.0. The first-order chi connectivity index (χ1) is 28.4.